The van der Waals surface area contributed by atoms with Crippen LogP contribution in [-0.4, -0.2) is 41.3 Å². The molecule has 2 aromatic rings. The molecule has 100 valence electrons. The molecule has 0 radical (unpaired) electrons. The summed E-state index contributed by atoms with van der Waals surface area (Å²) in [7, 11) is 1.67. The normalized spacial score (nSPS) is 20.0. The number of fused-ring (bicyclic) bond motifs is 1. The second-order valence-corrected chi connectivity index (χ2v) is 5.01. The fourth-order valence-corrected chi connectivity index (χ4v) is 2.60. The third-order valence-corrected chi connectivity index (χ3v) is 3.59. The fourth-order valence-electron chi connectivity index (χ4n) is 2.60. The summed E-state index contributed by atoms with van der Waals surface area (Å²) in [6.07, 6.45) is 0.673. The Morgan fingerprint density at radius 3 is 3.00 bits per heavy atom. The van der Waals surface area contributed by atoms with E-state index < -0.39 is 0 Å². The minimum Gasteiger partial charge on any atom is -0.494 e. The first-order chi connectivity index (χ1) is 9.26. The van der Waals surface area contributed by atoms with Crippen molar-refractivity contribution >= 4 is 10.9 Å². The van der Waals surface area contributed by atoms with Crippen LogP contribution in [0.2, 0.25) is 0 Å². The lowest BCUT2D eigenvalue weighted by Gasteiger charge is -2.15. The van der Waals surface area contributed by atoms with Gasteiger partial charge in [0, 0.05) is 25.0 Å². The average molecular weight is 258 g/mol. The maximum atomic E-state index is 9.55. The van der Waals surface area contributed by atoms with Crippen molar-refractivity contribution in [2.75, 3.05) is 20.2 Å². The zero-order valence-electron chi connectivity index (χ0n) is 11.0. The van der Waals surface area contributed by atoms with Crippen LogP contribution in [0.4, 0.5) is 0 Å². The third-order valence-electron chi connectivity index (χ3n) is 3.59. The number of hydrogen-bond donors (Lipinski definition) is 1. The molecule has 1 aliphatic heterocycles. The number of ether oxygens (including phenoxy) is 1. The van der Waals surface area contributed by atoms with E-state index >= 15 is 0 Å². The molecule has 1 N–H and O–H groups in total. The zero-order chi connectivity index (χ0) is 13.2. The van der Waals surface area contributed by atoms with Crippen LogP contribution >= 0.6 is 0 Å². The second-order valence-electron chi connectivity index (χ2n) is 5.01. The highest BCUT2D eigenvalue weighted by molar-refractivity contribution is 5.84. The van der Waals surface area contributed by atoms with Crippen LogP contribution in [0.3, 0.4) is 0 Å². The number of aliphatic hydroxyl groups is 1. The van der Waals surface area contributed by atoms with E-state index in [2.05, 4.69) is 16.0 Å². The van der Waals surface area contributed by atoms with Gasteiger partial charge >= 0.3 is 0 Å². The summed E-state index contributed by atoms with van der Waals surface area (Å²) in [5.74, 6) is 0.806. The van der Waals surface area contributed by atoms with E-state index in [0.717, 1.165) is 48.4 Å². The van der Waals surface area contributed by atoms with Crippen molar-refractivity contribution in [2.24, 2.45) is 0 Å². The van der Waals surface area contributed by atoms with Gasteiger partial charge in [-0.25, -0.2) is 4.98 Å². The molecule has 2 heterocycles. The fraction of sp³-hybridized carbons (Fsp3) is 0.400. The van der Waals surface area contributed by atoms with Gasteiger partial charge in [-0.05, 0) is 18.6 Å². The highest BCUT2D eigenvalue weighted by atomic mass is 16.5. The number of aromatic nitrogens is 1. The Kier molecular flexibility index (Phi) is 3.36. The van der Waals surface area contributed by atoms with Gasteiger partial charge in [-0.2, -0.15) is 0 Å². The van der Waals surface area contributed by atoms with Gasteiger partial charge in [0.2, 0.25) is 0 Å². The summed E-state index contributed by atoms with van der Waals surface area (Å²) in [5, 5.41) is 10.6. The van der Waals surface area contributed by atoms with E-state index in [0.29, 0.717) is 0 Å². The Bertz CT molecular complexity index is 585. The van der Waals surface area contributed by atoms with Gasteiger partial charge in [-0.1, -0.05) is 18.2 Å². The van der Waals surface area contributed by atoms with E-state index in [4.69, 9.17) is 4.74 Å². The molecule has 1 fully saturated rings. The lowest BCUT2D eigenvalue weighted by molar-refractivity contribution is 0.174. The van der Waals surface area contributed by atoms with Crippen LogP contribution < -0.4 is 4.74 Å². The maximum Gasteiger partial charge on any atom is 0.145 e. The SMILES string of the molecule is COc1cccc2ccc(CN3CC[C@@H](O)C3)nc12. The predicted molar refractivity (Wildman–Crippen MR) is 74.2 cm³/mol. The molecule has 1 aliphatic rings. The zero-order valence-corrected chi connectivity index (χ0v) is 11.0. The van der Waals surface area contributed by atoms with Gasteiger partial charge in [0.05, 0.1) is 18.9 Å². The lowest BCUT2D eigenvalue weighted by Crippen LogP contribution is -2.22. The number of hydrogen-bond acceptors (Lipinski definition) is 4. The minimum absolute atomic E-state index is 0.185. The molecule has 0 unspecified atom stereocenters. The first kappa shape index (κ1) is 12.4. The van der Waals surface area contributed by atoms with Gasteiger partial charge < -0.3 is 9.84 Å². The molecule has 0 amide bonds. The largest absolute Gasteiger partial charge is 0.494 e. The molecule has 19 heavy (non-hydrogen) atoms. The summed E-state index contributed by atoms with van der Waals surface area (Å²) in [6.45, 7) is 2.46. The number of pyridine rings is 1. The average Bonchev–Trinajstić information content (AvgIpc) is 2.83. The Morgan fingerprint density at radius 2 is 2.26 bits per heavy atom. The number of β-amino-alcohol motifs (C(OH)–C–C–N with tert-alkyl or cyclic N) is 1. The number of likely N-dealkylation sites (tertiary alicyclic amines) is 1. The molecular formula is C15H18N2O2. The summed E-state index contributed by atoms with van der Waals surface area (Å²) < 4.78 is 5.35. The molecule has 4 nitrogen and oxygen atoms in total. The van der Waals surface area contributed by atoms with Gasteiger partial charge in [-0.15, -0.1) is 0 Å². The highest BCUT2D eigenvalue weighted by Gasteiger charge is 2.20. The van der Waals surface area contributed by atoms with Crippen molar-refractivity contribution in [3.05, 3.63) is 36.0 Å². The summed E-state index contributed by atoms with van der Waals surface area (Å²) in [6, 6.07) is 10.1. The molecule has 0 aliphatic carbocycles. The number of methoxy groups -OCH3 is 1. The van der Waals surface area contributed by atoms with Crippen molar-refractivity contribution < 1.29 is 9.84 Å². The smallest absolute Gasteiger partial charge is 0.145 e. The van der Waals surface area contributed by atoms with Crippen LogP contribution in [0.15, 0.2) is 30.3 Å². The molecule has 1 saturated heterocycles. The van der Waals surface area contributed by atoms with E-state index in [9.17, 15) is 5.11 Å². The molecule has 0 spiro atoms. The molecule has 3 rings (SSSR count). The Labute approximate surface area is 112 Å². The first-order valence-electron chi connectivity index (χ1n) is 6.59. The first-order valence-corrected chi connectivity index (χ1v) is 6.59. The van der Waals surface area contributed by atoms with Gasteiger partial charge in [0.1, 0.15) is 11.3 Å². The molecule has 1 aromatic heterocycles. The van der Waals surface area contributed by atoms with E-state index in [1.54, 1.807) is 7.11 Å². The topological polar surface area (TPSA) is 45.6 Å². The van der Waals surface area contributed by atoms with Crippen molar-refractivity contribution in [1.82, 2.24) is 9.88 Å². The van der Waals surface area contributed by atoms with E-state index in [-0.39, 0.29) is 6.10 Å². The number of nitrogens with zero attached hydrogens (tertiary/aromatic N) is 2. The molecule has 0 saturated carbocycles. The van der Waals surface area contributed by atoms with Crippen LogP contribution in [0.5, 0.6) is 5.75 Å². The summed E-state index contributed by atoms with van der Waals surface area (Å²) in [4.78, 5) is 6.92. The van der Waals surface area contributed by atoms with E-state index in [1.165, 1.54) is 0 Å². The lowest BCUT2D eigenvalue weighted by atomic mass is 10.2. The van der Waals surface area contributed by atoms with E-state index in [1.807, 2.05) is 24.3 Å². The third kappa shape index (κ3) is 2.55. The van der Waals surface area contributed by atoms with Crippen LogP contribution in [0.25, 0.3) is 10.9 Å². The van der Waals surface area contributed by atoms with Crippen molar-refractivity contribution in [3.63, 3.8) is 0 Å². The number of rotatable bonds is 3. The van der Waals surface area contributed by atoms with Crippen LogP contribution in [-0.2, 0) is 6.54 Å². The second kappa shape index (κ2) is 5.15. The van der Waals surface area contributed by atoms with Gasteiger partial charge in [0.15, 0.2) is 0 Å². The predicted octanol–water partition coefficient (Wildman–Crippen LogP) is 1.81. The van der Waals surface area contributed by atoms with Gasteiger partial charge in [-0.3, -0.25) is 4.90 Å². The summed E-state index contributed by atoms with van der Waals surface area (Å²) >= 11 is 0. The Balaban J connectivity index is 1.88. The van der Waals surface area contributed by atoms with Crippen LogP contribution in [0, 0.1) is 0 Å². The maximum absolute atomic E-state index is 9.55. The number of benzene rings is 1. The monoisotopic (exact) mass is 258 g/mol. The quantitative estimate of drug-likeness (QED) is 0.912. The molecular weight excluding hydrogens is 240 g/mol. The molecule has 0 bridgehead atoms. The van der Waals surface area contributed by atoms with Crippen molar-refractivity contribution in [3.8, 4) is 5.75 Å². The standard InChI is InChI=1S/C15H18N2O2/c1-19-14-4-2-3-11-5-6-12(16-15(11)14)9-17-8-7-13(18)10-17/h2-6,13,18H,7-10H2,1H3/t13-/m1/s1. The number of para-hydroxylation sites is 1. The van der Waals surface area contributed by atoms with Gasteiger partial charge in [0.25, 0.3) is 0 Å². The molecule has 1 atom stereocenters. The molecule has 1 aromatic carbocycles. The van der Waals surface area contributed by atoms with Crippen molar-refractivity contribution in [1.29, 1.82) is 0 Å². The number of aliphatic hydroxyl groups excluding tert-OH is 1. The highest BCUT2D eigenvalue weighted by Crippen LogP contribution is 2.24. The Hall–Kier alpha value is -1.65. The summed E-state index contributed by atoms with van der Waals surface area (Å²) in [5.41, 5.74) is 1.92. The minimum atomic E-state index is -0.185. The molecule has 4 heteroatoms. The van der Waals surface area contributed by atoms with Crippen molar-refractivity contribution in [2.45, 2.75) is 19.1 Å². The van der Waals surface area contributed by atoms with Crippen LogP contribution in [0.1, 0.15) is 12.1 Å². The Morgan fingerprint density at radius 1 is 1.37 bits per heavy atom.